The second-order valence-electron chi connectivity index (χ2n) is 7.89. The number of nitrogens with zero attached hydrogens (tertiary/aromatic N) is 3. The summed E-state index contributed by atoms with van der Waals surface area (Å²) in [7, 11) is 0. The Morgan fingerprint density at radius 1 is 1.00 bits per heavy atom. The molecule has 0 saturated heterocycles. The molecule has 0 saturated carbocycles. The number of carbonyl (C=O) groups excluding carboxylic acids is 1. The van der Waals surface area contributed by atoms with Crippen molar-refractivity contribution in [2.45, 2.75) is 20.4 Å². The molecule has 31 heavy (non-hydrogen) atoms. The van der Waals surface area contributed by atoms with Gasteiger partial charge in [0.2, 0.25) is 0 Å². The summed E-state index contributed by atoms with van der Waals surface area (Å²) in [6.45, 7) is 5.09. The van der Waals surface area contributed by atoms with Gasteiger partial charge in [-0.3, -0.25) is 9.36 Å². The van der Waals surface area contributed by atoms with Crippen molar-refractivity contribution in [2.75, 3.05) is 6.54 Å². The Hall–Kier alpha value is -2.82. The molecule has 0 aliphatic carbocycles. The van der Waals surface area contributed by atoms with Gasteiger partial charge in [-0.15, -0.1) is 0 Å². The molecule has 0 atom stereocenters. The van der Waals surface area contributed by atoms with Gasteiger partial charge in [0.25, 0.3) is 5.91 Å². The van der Waals surface area contributed by atoms with Crippen LogP contribution in [0.4, 0.5) is 0 Å². The maximum absolute atomic E-state index is 13.5. The van der Waals surface area contributed by atoms with Crippen molar-refractivity contribution in [1.82, 2.24) is 14.5 Å². The number of para-hydroxylation sites is 3. The summed E-state index contributed by atoms with van der Waals surface area (Å²) >= 11 is 12.5. The lowest BCUT2D eigenvalue weighted by Crippen LogP contribution is -2.35. The van der Waals surface area contributed by atoms with Gasteiger partial charge in [0.15, 0.2) is 0 Å². The van der Waals surface area contributed by atoms with Gasteiger partial charge in [0.1, 0.15) is 5.82 Å². The highest BCUT2D eigenvalue weighted by atomic mass is 35.5. The molecule has 0 fully saturated rings. The zero-order valence-electron chi connectivity index (χ0n) is 17.4. The Kier molecular flexibility index (Phi) is 6.30. The average Bonchev–Trinajstić information content (AvgIpc) is 3.12. The number of imidazole rings is 1. The number of fused-ring (bicyclic) bond motifs is 1. The van der Waals surface area contributed by atoms with Crippen molar-refractivity contribution in [2.24, 2.45) is 5.92 Å². The minimum Gasteiger partial charge on any atom is -0.331 e. The first-order valence-corrected chi connectivity index (χ1v) is 11.0. The molecular weight excluding hydrogens is 429 g/mol. The number of hydrogen-bond donors (Lipinski definition) is 0. The first kappa shape index (κ1) is 21.4. The second-order valence-corrected chi connectivity index (χ2v) is 8.74. The van der Waals surface area contributed by atoms with Gasteiger partial charge in [-0.05, 0) is 48.4 Å². The number of hydrogen-bond acceptors (Lipinski definition) is 2. The normalized spacial score (nSPS) is 11.3. The van der Waals surface area contributed by atoms with Crippen molar-refractivity contribution >= 4 is 40.1 Å². The molecule has 1 amide bonds. The van der Waals surface area contributed by atoms with E-state index in [9.17, 15) is 4.79 Å². The quantitative estimate of drug-likeness (QED) is 0.329. The van der Waals surface area contributed by atoms with E-state index in [-0.39, 0.29) is 11.8 Å². The number of aromatic nitrogens is 2. The second kappa shape index (κ2) is 9.13. The predicted molar refractivity (Wildman–Crippen MR) is 127 cm³/mol. The van der Waals surface area contributed by atoms with E-state index in [1.165, 1.54) is 0 Å². The van der Waals surface area contributed by atoms with Gasteiger partial charge in [-0.2, -0.15) is 0 Å². The molecule has 0 aliphatic heterocycles. The van der Waals surface area contributed by atoms with Crippen LogP contribution in [0.15, 0.2) is 72.8 Å². The Morgan fingerprint density at radius 3 is 2.45 bits per heavy atom. The first-order valence-electron chi connectivity index (χ1n) is 10.2. The minimum absolute atomic E-state index is 0.159. The zero-order valence-corrected chi connectivity index (χ0v) is 18.9. The fourth-order valence-corrected chi connectivity index (χ4v) is 4.08. The molecule has 4 aromatic rings. The van der Waals surface area contributed by atoms with E-state index in [0.29, 0.717) is 28.7 Å². The van der Waals surface area contributed by atoms with Crippen LogP contribution < -0.4 is 0 Å². The third kappa shape index (κ3) is 4.60. The molecule has 4 rings (SSSR count). The fourth-order valence-electron chi connectivity index (χ4n) is 3.71. The molecule has 158 valence electrons. The Labute approximate surface area is 192 Å². The zero-order chi connectivity index (χ0) is 22.0. The lowest BCUT2D eigenvalue weighted by Gasteiger charge is -2.25. The lowest BCUT2D eigenvalue weighted by atomic mass is 10.1. The van der Waals surface area contributed by atoms with Crippen molar-refractivity contribution < 1.29 is 4.79 Å². The highest BCUT2D eigenvalue weighted by Gasteiger charge is 2.23. The summed E-state index contributed by atoms with van der Waals surface area (Å²) < 4.78 is 2.11. The van der Waals surface area contributed by atoms with Crippen LogP contribution in [-0.4, -0.2) is 26.9 Å². The number of halogens is 2. The highest BCUT2D eigenvalue weighted by Crippen LogP contribution is 2.26. The summed E-state index contributed by atoms with van der Waals surface area (Å²) in [5.74, 6) is 0.906. The Balaban J connectivity index is 1.79. The van der Waals surface area contributed by atoms with Gasteiger partial charge in [0.05, 0.1) is 28.2 Å². The van der Waals surface area contributed by atoms with E-state index in [1.807, 2.05) is 54.6 Å². The standard InChI is InChI=1S/C25H23Cl2N3O/c1-17(2)15-29(25(31)20-14-18(26)12-13-21(20)27)16-24-28-22-10-6-7-11-23(22)30(24)19-8-4-3-5-9-19/h3-14,17H,15-16H2,1-2H3. The molecule has 0 bridgehead atoms. The largest absolute Gasteiger partial charge is 0.331 e. The monoisotopic (exact) mass is 451 g/mol. The van der Waals surface area contributed by atoms with Crippen LogP contribution in [0.1, 0.15) is 30.0 Å². The van der Waals surface area contributed by atoms with Crippen molar-refractivity contribution in [1.29, 1.82) is 0 Å². The molecule has 0 aliphatic rings. The number of amides is 1. The Bertz CT molecular complexity index is 1220. The molecule has 6 heteroatoms. The average molecular weight is 452 g/mol. The van der Waals surface area contributed by atoms with Crippen LogP contribution in [0.2, 0.25) is 10.0 Å². The van der Waals surface area contributed by atoms with E-state index in [1.54, 1.807) is 23.1 Å². The van der Waals surface area contributed by atoms with Crippen molar-refractivity contribution in [3.63, 3.8) is 0 Å². The molecule has 4 nitrogen and oxygen atoms in total. The van der Waals surface area contributed by atoms with Gasteiger partial charge in [-0.1, -0.05) is 67.4 Å². The maximum atomic E-state index is 13.5. The van der Waals surface area contributed by atoms with E-state index >= 15 is 0 Å². The van der Waals surface area contributed by atoms with Crippen LogP contribution in [-0.2, 0) is 6.54 Å². The van der Waals surface area contributed by atoms with Crippen molar-refractivity contribution in [3.05, 3.63) is 94.2 Å². The van der Waals surface area contributed by atoms with Crippen LogP contribution in [0, 0.1) is 5.92 Å². The summed E-state index contributed by atoms with van der Waals surface area (Å²) in [5.41, 5.74) is 3.29. The minimum atomic E-state index is -0.159. The van der Waals surface area contributed by atoms with Gasteiger partial charge in [0, 0.05) is 17.3 Å². The number of rotatable bonds is 6. The van der Waals surface area contributed by atoms with E-state index in [4.69, 9.17) is 28.2 Å². The lowest BCUT2D eigenvalue weighted by molar-refractivity contribution is 0.0717. The molecule has 0 unspecified atom stereocenters. The third-order valence-corrected chi connectivity index (χ3v) is 5.57. The van der Waals surface area contributed by atoms with Crippen molar-refractivity contribution in [3.8, 4) is 5.69 Å². The predicted octanol–water partition coefficient (Wildman–Crippen LogP) is 6.63. The van der Waals surface area contributed by atoms with Crippen LogP contribution in [0.25, 0.3) is 16.7 Å². The number of benzene rings is 3. The summed E-state index contributed by atoms with van der Waals surface area (Å²) in [6, 6.07) is 23.0. The third-order valence-electron chi connectivity index (χ3n) is 5.01. The summed E-state index contributed by atoms with van der Waals surface area (Å²) in [4.78, 5) is 20.1. The fraction of sp³-hybridized carbons (Fsp3) is 0.200. The number of carbonyl (C=O) groups is 1. The maximum Gasteiger partial charge on any atom is 0.255 e. The molecule has 0 N–H and O–H groups in total. The van der Waals surface area contributed by atoms with E-state index in [0.717, 1.165) is 22.5 Å². The molecule has 0 radical (unpaired) electrons. The first-order chi connectivity index (χ1) is 14.9. The molecule has 1 heterocycles. The smallest absolute Gasteiger partial charge is 0.255 e. The summed E-state index contributed by atoms with van der Waals surface area (Å²) in [5, 5.41) is 0.869. The van der Waals surface area contributed by atoms with Gasteiger partial charge < -0.3 is 4.90 Å². The molecule has 0 spiro atoms. The molecular formula is C25H23Cl2N3O. The summed E-state index contributed by atoms with van der Waals surface area (Å²) in [6.07, 6.45) is 0. The highest BCUT2D eigenvalue weighted by molar-refractivity contribution is 6.35. The molecule has 3 aromatic carbocycles. The molecule has 1 aromatic heterocycles. The SMILES string of the molecule is CC(C)CN(Cc1nc2ccccc2n1-c1ccccc1)C(=O)c1cc(Cl)ccc1Cl. The Morgan fingerprint density at radius 2 is 1.71 bits per heavy atom. The van der Waals surface area contributed by atoms with Gasteiger partial charge in [-0.25, -0.2) is 4.98 Å². The van der Waals surface area contributed by atoms with E-state index in [2.05, 4.69) is 18.4 Å². The van der Waals surface area contributed by atoms with Crippen LogP contribution in [0.3, 0.4) is 0 Å². The van der Waals surface area contributed by atoms with Crippen LogP contribution in [0.5, 0.6) is 0 Å². The topological polar surface area (TPSA) is 38.1 Å². The van der Waals surface area contributed by atoms with Gasteiger partial charge >= 0.3 is 0 Å². The van der Waals surface area contributed by atoms with E-state index < -0.39 is 0 Å². The van der Waals surface area contributed by atoms with Crippen LogP contribution >= 0.6 is 23.2 Å².